The van der Waals surface area contributed by atoms with Gasteiger partial charge in [-0.15, -0.1) is 0 Å². The Kier molecular flexibility index (Phi) is 4.26. The van der Waals surface area contributed by atoms with E-state index in [1.165, 1.54) is 16.7 Å². The molecule has 0 aromatic heterocycles. The van der Waals surface area contributed by atoms with Crippen LogP contribution in [0.15, 0.2) is 42.5 Å². The van der Waals surface area contributed by atoms with E-state index in [4.69, 9.17) is 23.2 Å². The number of nitrogens with zero attached hydrogens (tertiary/aromatic N) is 1. The molecule has 2 aromatic carbocycles. The Labute approximate surface area is 136 Å². The fourth-order valence-electron chi connectivity index (χ4n) is 3.41. The third kappa shape index (κ3) is 2.83. The molecular weight excluding hydrogens is 301 g/mol. The van der Waals surface area contributed by atoms with Gasteiger partial charge < -0.3 is 4.90 Å². The highest BCUT2D eigenvalue weighted by Crippen LogP contribution is 2.40. The fourth-order valence-corrected chi connectivity index (χ4v) is 3.71. The largest absolute Gasteiger partial charge is 0.305 e. The normalized spacial score (nSPS) is 21.4. The maximum Gasteiger partial charge on any atom is 0.0595 e. The van der Waals surface area contributed by atoms with Crippen LogP contribution in [-0.2, 0) is 6.42 Å². The standard InChI is InChI=1S/C18H19Cl2N/c1-21(2)17-10-8-12-5-3-4-6-14(12)18(17)13-7-9-15(19)16(20)11-13/h3-7,9,11,17-18H,8,10H2,1-2H3/t17-,18-/m0/s1. The first-order valence-corrected chi connectivity index (χ1v) is 8.02. The molecule has 0 aliphatic heterocycles. The van der Waals surface area contributed by atoms with Crippen LogP contribution in [0.25, 0.3) is 0 Å². The summed E-state index contributed by atoms with van der Waals surface area (Å²) in [6.07, 6.45) is 2.30. The maximum absolute atomic E-state index is 6.24. The van der Waals surface area contributed by atoms with Crippen molar-refractivity contribution in [1.29, 1.82) is 0 Å². The van der Waals surface area contributed by atoms with Crippen LogP contribution >= 0.6 is 23.2 Å². The van der Waals surface area contributed by atoms with E-state index in [-0.39, 0.29) is 0 Å². The summed E-state index contributed by atoms with van der Waals surface area (Å²) in [5.41, 5.74) is 4.11. The van der Waals surface area contributed by atoms with Crippen LogP contribution < -0.4 is 0 Å². The van der Waals surface area contributed by atoms with Gasteiger partial charge in [-0.05, 0) is 55.8 Å². The molecular formula is C18H19Cl2N. The molecule has 110 valence electrons. The SMILES string of the molecule is CN(C)[C@H]1CCc2ccccc2[C@@H]1c1ccc(Cl)c(Cl)c1. The van der Waals surface area contributed by atoms with E-state index in [0.29, 0.717) is 22.0 Å². The predicted molar refractivity (Wildman–Crippen MR) is 90.5 cm³/mol. The highest BCUT2D eigenvalue weighted by atomic mass is 35.5. The van der Waals surface area contributed by atoms with Crippen LogP contribution in [0.1, 0.15) is 29.0 Å². The van der Waals surface area contributed by atoms with Gasteiger partial charge in [-0.3, -0.25) is 0 Å². The molecule has 21 heavy (non-hydrogen) atoms. The number of halogens is 2. The van der Waals surface area contributed by atoms with E-state index in [2.05, 4.69) is 49.3 Å². The summed E-state index contributed by atoms with van der Waals surface area (Å²) in [5, 5.41) is 1.25. The lowest BCUT2D eigenvalue weighted by atomic mass is 9.75. The highest BCUT2D eigenvalue weighted by molar-refractivity contribution is 6.42. The summed E-state index contributed by atoms with van der Waals surface area (Å²) in [6, 6.07) is 15.3. The first-order chi connectivity index (χ1) is 10.1. The lowest BCUT2D eigenvalue weighted by Gasteiger charge is -2.38. The minimum Gasteiger partial charge on any atom is -0.305 e. The number of aryl methyl sites for hydroxylation is 1. The van der Waals surface area contributed by atoms with E-state index in [9.17, 15) is 0 Å². The van der Waals surface area contributed by atoms with Crippen LogP contribution in [0, 0.1) is 0 Å². The van der Waals surface area contributed by atoms with Crippen LogP contribution in [-0.4, -0.2) is 25.0 Å². The molecule has 0 spiro atoms. The second-order valence-electron chi connectivity index (χ2n) is 5.92. The Morgan fingerprint density at radius 2 is 1.76 bits per heavy atom. The van der Waals surface area contributed by atoms with Gasteiger partial charge in [-0.2, -0.15) is 0 Å². The molecule has 0 saturated heterocycles. The van der Waals surface area contributed by atoms with E-state index >= 15 is 0 Å². The van der Waals surface area contributed by atoms with Crippen molar-refractivity contribution in [1.82, 2.24) is 4.90 Å². The molecule has 0 unspecified atom stereocenters. The van der Waals surface area contributed by atoms with Crippen LogP contribution in [0.2, 0.25) is 10.0 Å². The fraction of sp³-hybridized carbons (Fsp3) is 0.333. The molecule has 0 N–H and O–H groups in total. The molecule has 3 rings (SSSR count). The predicted octanol–water partition coefficient (Wildman–Crippen LogP) is 5.00. The third-order valence-electron chi connectivity index (χ3n) is 4.45. The van der Waals surface area contributed by atoms with Gasteiger partial charge in [0.05, 0.1) is 10.0 Å². The van der Waals surface area contributed by atoms with Crippen LogP contribution in [0.5, 0.6) is 0 Å². The lowest BCUT2D eigenvalue weighted by Crippen LogP contribution is -2.38. The Hall–Kier alpha value is -1.02. The summed E-state index contributed by atoms with van der Waals surface area (Å²) in [4.78, 5) is 2.32. The summed E-state index contributed by atoms with van der Waals surface area (Å²) in [5.74, 6) is 0.347. The van der Waals surface area contributed by atoms with Crippen molar-refractivity contribution in [2.75, 3.05) is 14.1 Å². The number of hydrogen-bond donors (Lipinski definition) is 0. The molecule has 0 saturated carbocycles. The molecule has 0 bridgehead atoms. The van der Waals surface area contributed by atoms with Gasteiger partial charge in [0.15, 0.2) is 0 Å². The highest BCUT2D eigenvalue weighted by Gasteiger charge is 2.32. The van der Waals surface area contributed by atoms with Crippen molar-refractivity contribution in [3.05, 3.63) is 69.2 Å². The van der Waals surface area contributed by atoms with Gasteiger partial charge in [-0.25, -0.2) is 0 Å². The molecule has 3 heteroatoms. The number of hydrogen-bond acceptors (Lipinski definition) is 1. The molecule has 1 aliphatic carbocycles. The zero-order valence-electron chi connectivity index (χ0n) is 12.3. The zero-order valence-corrected chi connectivity index (χ0v) is 13.8. The minimum atomic E-state index is 0.347. The summed E-state index contributed by atoms with van der Waals surface area (Å²) >= 11 is 12.3. The second-order valence-corrected chi connectivity index (χ2v) is 6.73. The number of likely N-dealkylation sites (N-methyl/N-ethyl adjacent to an activating group) is 1. The maximum atomic E-state index is 6.24. The van der Waals surface area contributed by atoms with Gasteiger partial charge in [0, 0.05) is 12.0 Å². The van der Waals surface area contributed by atoms with Crippen LogP contribution in [0.4, 0.5) is 0 Å². The molecule has 0 amide bonds. The molecule has 0 heterocycles. The summed E-state index contributed by atoms with van der Waals surface area (Å²) < 4.78 is 0. The Morgan fingerprint density at radius 1 is 1.00 bits per heavy atom. The smallest absolute Gasteiger partial charge is 0.0595 e. The topological polar surface area (TPSA) is 3.24 Å². The molecule has 1 aliphatic rings. The van der Waals surface area contributed by atoms with Crippen molar-refractivity contribution < 1.29 is 0 Å². The summed E-state index contributed by atoms with van der Waals surface area (Å²) in [7, 11) is 4.31. The molecule has 2 atom stereocenters. The second kappa shape index (κ2) is 6.00. The van der Waals surface area contributed by atoms with Crippen molar-refractivity contribution in [2.24, 2.45) is 0 Å². The van der Waals surface area contributed by atoms with Gasteiger partial charge in [0.25, 0.3) is 0 Å². The van der Waals surface area contributed by atoms with E-state index in [1.54, 1.807) is 0 Å². The van der Waals surface area contributed by atoms with Crippen molar-refractivity contribution in [2.45, 2.75) is 24.8 Å². The van der Waals surface area contributed by atoms with Gasteiger partial charge in [0.2, 0.25) is 0 Å². The van der Waals surface area contributed by atoms with Crippen molar-refractivity contribution in [3.8, 4) is 0 Å². The van der Waals surface area contributed by atoms with E-state index < -0.39 is 0 Å². The van der Waals surface area contributed by atoms with Crippen LogP contribution in [0.3, 0.4) is 0 Å². The zero-order chi connectivity index (χ0) is 15.0. The average Bonchev–Trinajstić information content (AvgIpc) is 2.49. The quantitative estimate of drug-likeness (QED) is 0.752. The lowest BCUT2D eigenvalue weighted by molar-refractivity contribution is 0.245. The van der Waals surface area contributed by atoms with Crippen molar-refractivity contribution >= 4 is 23.2 Å². The monoisotopic (exact) mass is 319 g/mol. The third-order valence-corrected chi connectivity index (χ3v) is 5.19. The number of benzene rings is 2. The van der Waals surface area contributed by atoms with Crippen molar-refractivity contribution in [3.63, 3.8) is 0 Å². The van der Waals surface area contributed by atoms with Gasteiger partial charge in [0.1, 0.15) is 0 Å². The first kappa shape index (κ1) is 14.9. The van der Waals surface area contributed by atoms with Gasteiger partial charge in [-0.1, -0.05) is 53.5 Å². The summed E-state index contributed by atoms with van der Waals surface area (Å²) in [6.45, 7) is 0. The average molecular weight is 320 g/mol. The van der Waals surface area contributed by atoms with E-state index in [1.807, 2.05) is 12.1 Å². The molecule has 2 aromatic rings. The van der Waals surface area contributed by atoms with E-state index in [0.717, 1.165) is 12.8 Å². The van der Waals surface area contributed by atoms with Gasteiger partial charge >= 0.3 is 0 Å². The Balaban J connectivity index is 2.12. The molecule has 0 radical (unpaired) electrons. The Bertz CT molecular complexity index is 651. The Morgan fingerprint density at radius 3 is 2.48 bits per heavy atom. The molecule has 1 nitrogen and oxygen atoms in total. The minimum absolute atomic E-state index is 0.347. The molecule has 0 fully saturated rings. The first-order valence-electron chi connectivity index (χ1n) is 7.27. The number of fused-ring (bicyclic) bond motifs is 1. The number of rotatable bonds is 2.